The van der Waals surface area contributed by atoms with Crippen LogP contribution < -0.4 is 0 Å². The highest BCUT2D eigenvalue weighted by Crippen LogP contribution is 2.39. The van der Waals surface area contributed by atoms with Crippen LogP contribution in [0.4, 0.5) is 0 Å². The first-order valence-electron chi connectivity index (χ1n) is 20.9. The van der Waals surface area contributed by atoms with Crippen LogP contribution in [0.3, 0.4) is 0 Å². The zero-order valence-corrected chi connectivity index (χ0v) is 35.4. The molecule has 1 saturated carbocycles. The number of ketones is 2. The molecule has 3 heterocycles. The van der Waals surface area contributed by atoms with E-state index in [0.717, 1.165) is 5.57 Å². The van der Waals surface area contributed by atoms with Gasteiger partial charge in [0.1, 0.15) is 24.0 Å². The van der Waals surface area contributed by atoms with Crippen LogP contribution in [0.15, 0.2) is 36.0 Å². The Kier molecular flexibility index (Phi) is 17.2. The molecule has 322 valence electrons. The number of ether oxygens (including phenoxy) is 5. The molecule has 3 aliphatic heterocycles. The highest BCUT2D eigenvalue weighted by atomic mass is 16.7. The number of aliphatic hydroxyl groups is 3. The zero-order valence-electron chi connectivity index (χ0n) is 35.4. The van der Waals surface area contributed by atoms with Gasteiger partial charge in [-0.05, 0) is 95.5 Å². The number of hydrogen-bond acceptors (Lipinski definition) is 12. The molecule has 1 amide bonds. The molecule has 2 saturated heterocycles. The molecule has 1 unspecified atom stereocenters. The largest absolute Gasteiger partial charge is 0.456 e. The van der Waals surface area contributed by atoms with Crippen LogP contribution in [0.5, 0.6) is 0 Å². The number of rotatable bonds is 7. The molecular weight excluding hydrogens is 734 g/mol. The van der Waals surface area contributed by atoms with Crippen molar-refractivity contribution >= 4 is 23.4 Å². The second-order valence-corrected chi connectivity index (χ2v) is 17.3. The minimum atomic E-state index is -2.51. The molecule has 13 nitrogen and oxygen atoms in total. The number of carbonyl (C=O) groups excluding carboxylic acids is 4. The quantitative estimate of drug-likeness (QED) is 0.185. The van der Waals surface area contributed by atoms with Crippen LogP contribution in [0.1, 0.15) is 105 Å². The Morgan fingerprint density at radius 3 is 2.25 bits per heavy atom. The molecule has 13 heteroatoms. The predicted octanol–water partition coefficient (Wildman–Crippen LogP) is 4.64. The van der Waals surface area contributed by atoms with E-state index in [-0.39, 0.29) is 49.5 Å². The first-order valence-corrected chi connectivity index (χ1v) is 20.9. The molecule has 0 aromatic carbocycles. The number of hydrogen-bond donors (Lipinski definition) is 3. The standard InChI is InChI=1S/C44H69NO12/c1-10-13-31-19-25(2)18-26(3)20-37(54-8)40-38(55-9)22-28(5)44(52,57-40)41(49)42(50)45-17-12-11-14-32(45)43(51)56-39(29(6)34(47)24-35(31)48)27(4)21-30-15-16-33(46)36(23-30)53-7/h10,19,21,26,28-34,36-40,46-47,52H,1,11-18,20,22-24H2,2-9H3/t26-,28+,29+,30-,31+,32-,33+,34-,36+,37-,38-,39?,40+,44+/m0/s1. The fourth-order valence-corrected chi connectivity index (χ4v) is 9.42. The fourth-order valence-electron chi connectivity index (χ4n) is 9.42. The van der Waals surface area contributed by atoms with Crippen LogP contribution in [0, 0.1) is 29.6 Å². The highest BCUT2D eigenvalue weighted by Gasteiger charge is 2.56. The lowest BCUT2D eigenvalue weighted by Crippen LogP contribution is -2.64. The highest BCUT2D eigenvalue weighted by molar-refractivity contribution is 6.39. The lowest BCUT2D eigenvalue weighted by Gasteiger charge is -2.47. The van der Waals surface area contributed by atoms with E-state index in [1.165, 1.54) is 19.1 Å². The van der Waals surface area contributed by atoms with E-state index in [4.69, 9.17) is 23.7 Å². The van der Waals surface area contributed by atoms with Gasteiger partial charge in [-0.15, -0.1) is 6.58 Å². The second kappa shape index (κ2) is 21.0. The minimum absolute atomic E-state index is 0.00988. The Balaban J connectivity index is 1.78. The van der Waals surface area contributed by atoms with Crippen molar-refractivity contribution in [1.29, 1.82) is 0 Å². The lowest BCUT2D eigenvalue weighted by atomic mass is 9.81. The summed E-state index contributed by atoms with van der Waals surface area (Å²) < 4.78 is 29.7. The average Bonchev–Trinajstić information content (AvgIpc) is 3.18. The number of piperidine rings is 1. The first kappa shape index (κ1) is 46.9. The van der Waals surface area contributed by atoms with Gasteiger partial charge in [0.25, 0.3) is 11.7 Å². The molecular formula is C44H69NO12. The maximum atomic E-state index is 14.3. The van der Waals surface area contributed by atoms with Gasteiger partial charge in [-0.2, -0.15) is 0 Å². The van der Waals surface area contributed by atoms with Crippen molar-refractivity contribution in [3.63, 3.8) is 0 Å². The number of cyclic esters (lactones) is 1. The Hall–Kier alpha value is -2.78. The fraction of sp³-hybridized carbons (Fsp3) is 0.773. The summed E-state index contributed by atoms with van der Waals surface area (Å²) in [7, 11) is 4.61. The van der Waals surface area contributed by atoms with Crippen molar-refractivity contribution < 1.29 is 58.2 Å². The third kappa shape index (κ3) is 11.3. The van der Waals surface area contributed by atoms with Crippen molar-refractivity contribution in [2.75, 3.05) is 27.9 Å². The number of aliphatic hydroxyl groups excluding tert-OH is 2. The molecule has 3 fully saturated rings. The number of allylic oxidation sites excluding steroid dienone is 4. The van der Waals surface area contributed by atoms with E-state index in [1.807, 2.05) is 32.9 Å². The van der Waals surface area contributed by atoms with Crippen molar-refractivity contribution in [3.8, 4) is 0 Å². The summed E-state index contributed by atoms with van der Waals surface area (Å²) in [6.45, 7) is 13.1. The van der Waals surface area contributed by atoms with Gasteiger partial charge < -0.3 is 43.9 Å². The summed E-state index contributed by atoms with van der Waals surface area (Å²) >= 11 is 0. The second-order valence-electron chi connectivity index (χ2n) is 17.3. The number of esters is 1. The van der Waals surface area contributed by atoms with Crippen LogP contribution in [0.2, 0.25) is 0 Å². The van der Waals surface area contributed by atoms with Gasteiger partial charge in [-0.3, -0.25) is 14.4 Å². The van der Waals surface area contributed by atoms with Crippen LogP contribution >= 0.6 is 0 Å². The zero-order chi connectivity index (χ0) is 42.2. The molecule has 0 aromatic heterocycles. The van der Waals surface area contributed by atoms with Crippen molar-refractivity contribution in [2.24, 2.45) is 29.6 Å². The van der Waals surface area contributed by atoms with Crippen LogP contribution in [-0.2, 0) is 42.9 Å². The smallest absolute Gasteiger partial charge is 0.329 e. The summed E-state index contributed by atoms with van der Waals surface area (Å²) in [5, 5.41) is 34.1. The molecule has 3 N–H and O–H groups in total. The van der Waals surface area contributed by atoms with Gasteiger partial charge in [0.2, 0.25) is 5.79 Å². The molecule has 0 aromatic rings. The average molecular weight is 804 g/mol. The Labute approximate surface area is 339 Å². The minimum Gasteiger partial charge on any atom is -0.456 e. The van der Waals surface area contributed by atoms with Gasteiger partial charge in [0, 0.05) is 52.0 Å². The van der Waals surface area contributed by atoms with Crippen molar-refractivity contribution in [2.45, 2.75) is 160 Å². The molecule has 2 bridgehead atoms. The number of fused-ring (bicyclic) bond motifs is 3. The third-order valence-corrected chi connectivity index (χ3v) is 12.9. The van der Waals surface area contributed by atoms with E-state index in [1.54, 1.807) is 27.0 Å². The van der Waals surface area contributed by atoms with Crippen molar-refractivity contribution in [3.05, 3.63) is 36.0 Å². The maximum Gasteiger partial charge on any atom is 0.329 e. The van der Waals surface area contributed by atoms with E-state index < -0.39 is 83.9 Å². The van der Waals surface area contributed by atoms with E-state index in [0.29, 0.717) is 56.9 Å². The summed E-state index contributed by atoms with van der Waals surface area (Å²) in [4.78, 5) is 57.8. The van der Waals surface area contributed by atoms with Gasteiger partial charge in [0.05, 0.1) is 30.5 Å². The summed E-state index contributed by atoms with van der Waals surface area (Å²) in [5.41, 5.74) is 1.61. The van der Waals surface area contributed by atoms with Crippen molar-refractivity contribution in [1.82, 2.24) is 4.90 Å². The van der Waals surface area contributed by atoms with Crippen LogP contribution in [0.25, 0.3) is 0 Å². The number of carbonyl (C=O) groups is 4. The lowest BCUT2D eigenvalue weighted by molar-refractivity contribution is -0.302. The predicted molar refractivity (Wildman–Crippen MR) is 213 cm³/mol. The summed E-state index contributed by atoms with van der Waals surface area (Å²) in [5.74, 6) is -7.76. The molecule has 57 heavy (non-hydrogen) atoms. The summed E-state index contributed by atoms with van der Waals surface area (Å²) in [6.07, 6.45) is 4.93. The van der Waals surface area contributed by atoms with Gasteiger partial charge in [0.15, 0.2) is 0 Å². The number of nitrogens with zero attached hydrogens (tertiary/aromatic N) is 1. The topological polar surface area (TPSA) is 178 Å². The molecule has 1 aliphatic carbocycles. The van der Waals surface area contributed by atoms with Gasteiger partial charge in [-0.1, -0.05) is 44.6 Å². The van der Waals surface area contributed by atoms with E-state index in [2.05, 4.69) is 6.58 Å². The molecule has 4 aliphatic rings. The normalized spacial score (nSPS) is 40.1. The molecule has 4 rings (SSSR count). The van der Waals surface area contributed by atoms with Gasteiger partial charge >= 0.3 is 5.97 Å². The molecule has 14 atom stereocenters. The Morgan fingerprint density at radius 2 is 1.60 bits per heavy atom. The third-order valence-electron chi connectivity index (χ3n) is 12.9. The Bertz CT molecular complexity index is 1480. The number of amides is 1. The number of Topliss-reactive ketones (excluding diaryl/α,β-unsaturated/α-hetero) is 2. The first-order chi connectivity index (χ1) is 27.0. The molecule has 0 spiro atoms. The Morgan fingerprint density at radius 1 is 0.930 bits per heavy atom. The van der Waals surface area contributed by atoms with E-state index >= 15 is 0 Å². The van der Waals surface area contributed by atoms with E-state index in [9.17, 15) is 34.5 Å². The summed E-state index contributed by atoms with van der Waals surface area (Å²) in [6, 6.07) is -1.14. The monoisotopic (exact) mass is 803 g/mol. The molecule has 0 radical (unpaired) electrons. The van der Waals surface area contributed by atoms with Gasteiger partial charge in [-0.25, -0.2) is 4.79 Å². The van der Waals surface area contributed by atoms with Crippen LogP contribution in [-0.4, -0.2) is 126 Å². The SMILES string of the molecule is C=CC[C@@H]1C=C(C)C[C@H](C)C[C@H](OC)[C@H]2O[C@@](O)(C(=O)C(=O)N3CCCC[C@H]3C(=O)OC(C(C)=C[C@@H]3CC[C@@H](O)[C@H](OC)C3)[C@H](C)[C@@H](O)CC1=O)[C@H](C)C[C@@H]2OC. The maximum absolute atomic E-state index is 14.3. The number of methoxy groups -OCH3 is 3.